The highest BCUT2D eigenvalue weighted by molar-refractivity contribution is 7.71. The van der Waals surface area contributed by atoms with Crippen LogP contribution in [0.2, 0.25) is 0 Å². The van der Waals surface area contributed by atoms with Crippen molar-refractivity contribution in [2.45, 2.75) is 32.7 Å². The molecule has 3 N–H and O–H groups in total. The van der Waals surface area contributed by atoms with Gasteiger partial charge in [-0.25, -0.2) is 0 Å². The molecule has 2 amide bonds. The Bertz CT molecular complexity index is 1100. The number of anilines is 2. The maximum atomic E-state index is 12.5. The van der Waals surface area contributed by atoms with E-state index in [1.54, 1.807) is 17.4 Å². The van der Waals surface area contributed by atoms with Crippen molar-refractivity contribution < 1.29 is 9.59 Å². The van der Waals surface area contributed by atoms with Gasteiger partial charge in [0.1, 0.15) is 0 Å². The number of aryl methyl sites for hydroxylation is 1. The van der Waals surface area contributed by atoms with Crippen molar-refractivity contribution in [3.63, 3.8) is 0 Å². The van der Waals surface area contributed by atoms with E-state index in [9.17, 15) is 9.59 Å². The maximum absolute atomic E-state index is 12.5. The number of aromatic nitrogens is 3. The highest BCUT2D eigenvalue weighted by Gasteiger charge is 2.29. The van der Waals surface area contributed by atoms with Gasteiger partial charge in [0, 0.05) is 30.3 Å². The summed E-state index contributed by atoms with van der Waals surface area (Å²) in [6.45, 7) is 2.34. The number of nitrogens with one attached hydrogen (secondary N) is 3. The van der Waals surface area contributed by atoms with Gasteiger partial charge in [-0.05, 0) is 61.1 Å². The molecular formula is C20H21N5O2S2. The van der Waals surface area contributed by atoms with Gasteiger partial charge < -0.3 is 10.6 Å². The minimum absolute atomic E-state index is 0.0431. The van der Waals surface area contributed by atoms with E-state index in [0.717, 1.165) is 29.1 Å². The first-order valence-corrected chi connectivity index (χ1v) is 10.7. The number of amides is 2. The van der Waals surface area contributed by atoms with Gasteiger partial charge in [0.15, 0.2) is 10.6 Å². The maximum Gasteiger partial charge on any atom is 0.227 e. The Morgan fingerprint density at radius 1 is 1.31 bits per heavy atom. The number of H-pyrrole nitrogens is 1. The van der Waals surface area contributed by atoms with Crippen LogP contribution >= 0.6 is 23.6 Å². The minimum atomic E-state index is -0.126. The van der Waals surface area contributed by atoms with Gasteiger partial charge in [0.2, 0.25) is 11.8 Å². The van der Waals surface area contributed by atoms with Crippen LogP contribution in [0.4, 0.5) is 11.4 Å². The number of aromatic amines is 1. The molecule has 1 fully saturated rings. The summed E-state index contributed by atoms with van der Waals surface area (Å²) < 4.78 is 2.32. The summed E-state index contributed by atoms with van der Waals surface area (Å²) in [6.07, 6.45) is 2.15. The first-order valence-electron chi connectivity index (χ1n) is 9.41. The number of hydrogen-bond donors (Lipinski definition) is 3. The second kappa shape index (κ2) is 8.30. The molecule has 29 heavy (non-hydrogen) atoms. The molecule has 2 heterocycles. The number of nitrogens with zero attached hydrogens (tertiary/aromatic N) is 2. The summed E-state index contributed by atoms with van der Waals surface area (Å²) in [7, 11) is 0. The number of benzene rings is 1. The van der Waals surface area contributed by atoms with E-state index < -0.39 is 0 Å². The molecule has 4 rings (SSSR count). The fourth-order valence-electron chi connectivity index (χ4n) is 2.97. The number of carbonyl (C=O) groups is 2. The molecule has 1 aliphatic rings. The quantitative estimate of drug-likeness (QED) is 0.489. The Kier molecular flexibility index (Phi) is 5.59. The van der Waals surface area contributed by atoms with E-state index in [1.165, 1.54) is 0 Å². The molecular weight excluding hydrogens is 406 g/mol. The van der Waals surface area contributed by atoms with Crippen molar-refractivity contribution in [2.75, 3.05) is 10.6 Å². The predicted molar refractivity (Wildman–Crippen MR) is 117 cm³/mol. The third-order valence-electron chi connectivity index (χ3n) is 4.79. The third-order valence-corrected chi connectivity index (χ3v) is 5.97. The molecule has 3 aromatic rings. The first-order chi connectivity index (χ1) is 14.0. The van der Waals surface area contributed by atoms with Crippen LogP contribution < -0.4 is 10.6 Å². The van der Waals surface area contributed by atoms with Crippen molar-refractivity contribution in [1.29, 1.82) is 0 Å². The normalized spacial score (nSPS) is 13.3. The molecule has 0 spiro atoms. The lowest BCUT2D eigenvalue weighted by Crippen LogP contribution is -2.17. The molecule has 1 aromatic carbocycles. The van der Waals surface area contributed by atoms with E-state index >= 15 is 0 Å². The zero-order valence-electron chi connectivity index (χ0n) is 15.9. The Hall–Kier alpha value is -2.78. The first kappa shape index (κ1) is 19.5. The monoisotopic (exact) mass is 427 g/mol. The second-order valence-corrected chi connectivity index (χ2v) is 8.41. The molecule has 1 aliphatic carbocycles. The summed E-state index contributed by atoms with van der Waals surface area (Å²) in [6, 6.07) is 9.46. The van der Waals surface area contributed by atoms with E-state index in [2.05, 4.69) is 20.8 Å². The second-order valence-electron chi connectivity index (χ2n) is 7.07. The van der Waals surface area contributed by atoms with Gasteiger partial charge in [0.05, 0.1) is 4.88 Å². The number of thiophene rings is 1. The zero-order chi connectivity index (χ0) is 20.4. The molecule has 1 saturated carbocycles. The Balaban J connectivity index is 1.41. The van der Waals surface area contributed by atoms with Crippen molar-refractivity contribution in [1.82, 2.24) is 14.8 Å². The molecule has 2 aromatic heterocycles. The molecule has 150 valence electrons. The number of carbonyl (C=O) groups excluding carboxylic acids is 2. The molecule has 0 atom stereocenters. The summed E-state index contributed by atoms with van der Waals surface area (Å²) >= 11 is 6.88. The Morgan fingerprint density at radius 2 is 2.14 bits per heavy atom. The summed E-state index contributed by atoms with van der Waals surface area (Å²) in [5, 5.41) is 14.9. The fourth-order valence-corrected chi connectivity index (χ4v) is 3.91. The molecule has 0 bridgehead atoms. The highest BCUT2D eigenvalue weighted by atomic mass is 32.1. The van der Waals surface area contributed by atoms with Gasteiger partial charge in [-0.3, -0.25) is 19.3 Å². The molecule has 9 heteroatoms. The van der Waals surface area contributed by atoms with Gasteiger partial charge in [-0.2, -0.15) is 5.10 Å². The largest absolute Gasteiger partial charge is 0.326 e. The lowest BCUT2D eigenvalue weighted by Gasteiger charge is -2.12. The van der Waals surface area contributed by atoms with Crippen LogP contribution in [0.25, 0.3) is 10.7 Å². The van der Waals surface area contributed by atoms with Crippen molar-refractivity contribution in [2.24, 2.45) is 5.92 Å². The smallest absolute Gasteiger partial charge is 0.227 e. The molecule has 0 unspecified atom stereocenters. The Morgan fingerprint density at radius 3 is 2.86 bits per heavy atom. The standard InChI is InChI=1S/C20H21N5O2S2/c1-12-4-7-14(21-19(27)13-5-6-13)11-15(12)22-17(26)8-9-25-18(23-24-20(25)28)16-3-2-10-29-16/h2-4,7,10-11,13H,5-6,8-9H2,1H3,(H,21,27)(H,22,26)(H,24,28). The van der Waals surface area contributed by atoms with E-state index in [1.807, 2.05) is 41.1 Å². The van der Waals surface area contributed by atoms with Crippen LogP contribution in [0, 0.1) is 17.6 Å². The highest BCUT2D eigenvalue weighted by Crippen LogP contribution is 2.31. The number of rotatable bonds is 7. The minimum Gasteiger partial charge on any atom is -0.326 e. The summed E-state index contributed by atoms with van der Waals surface area (Å²) in [5.74, 6) is 0.783. The predicted octanol–water partition coefficient (Wildman–Crippen LogP) is 4.35. The van der Waals surface area contributed by atoms with Gasteiger partial charge in [-0.1, -0.05) is 12.1 Å². The van der Waals surface area contributed by atoms with E-state index in [0.29, 0.717) is 22.7 Å². The molecule has 0 saturated heterocycles. The van der Waals surface area contributed by atoms with Gasteiger partial charge >= 0.3 is 0 Å². The lowest BCUT2D eigenvalue weighted by atomic mass is 10.1. The van der Waals surface area contributed by atoms with Crippen LogP contribution in [0.5, 0.6) is 0 Å². The van der Waals surface area contributed by atoms with E-state index in [-0.39, 0.29) is 24.2 Å². The van der Waals surface area contributed by atoms with Crippen LogP contribution in [0.3, 0.4) is 0 Å². The average molecular weight is 428 g/mol. The average Bonchev–Trinajstić information content (AvgIpc) is 3.29. The van der Waals surface area contributed by atoms with Crippen LogP contribution in [0.15, 0.2) is 35.7 Å². The lowest BCUT2D eigenvalue weighted by molar-refractivity contribution is -0.117. The van der Waals surface area contributed by atoms with Crippen LogP contribution in [-0.4, -0.2) is 26.6 Å². The topological polar surface area (TPSA) is 91.8 Å². The SMILES string of the molecule is Cc1ccc(NC(=O)C2CC2)cc1NC(=O)CCn1c(-c2cccs2)n[nH]c1=S. The summed E-state index contributed by atoms with van der Waals surface area (Å²) in [4.78, 5) is 25.5. The summed E-state index contributed by atoms with van der Waals surface area (Å²) in [5.41, 5.74) is 2.32. The van der Waals surface area contributed by atoms with Gasteiger partial charge in [-0.15, -0.1) is 11.3 Å². The fraction of sp³-hybridized carbons (Fsp3) is 0.300. The number of hydrogen-bond acceptors (Lipinski definition) is 5. The van der Waals surface area contributed by atoms with E-state index in [4.69, 9.17) is 12.2 Å². The van der Waals surface area contributed by atoms with Crippen molar-refractivity contribution in [3.05, 3.63) is 46.0 Å². The molecule has 7 nitrogen and oxygen atoms in total. The van der Waals surface area contributed by atoms with Crippen molar-refractivity contribution >= 4 is 46.7 Å². The third kappa shape index (κ3) is 4.63. The molecule has 0 radical (unpaired) electrons. The van der Waals surface area contributed by atoms with Crippen molar-refractivity contribution in [3.8, 4) is 10.7 Å². The molecule has 0 aliphatic heterocycles. The Labute approximate surface area is 177 Å². The van der Waals surface area contributed by atoms with Gasteiger partial charge in [0.25, 0.3) is 0 Å². The van der Waals surface area contributed by atoms with Crippen LogP contribution in [-0.2, 0) is 16.1 Å². The zero-order valence-corrected chi connectivity index (χ0v) is 17.5. The van der Waals surface area contributed by atoms with Crippen LogP contribution in [0.1, 0.15) is 24.8 Å².